The zero-order valence-corrected chi connectivity index (χ0v) is 17.7. The molecule has 2 N–H and O–H groups in total. The Balaban J connectivity index is 1.66. The van der Waals surface area contributed by atoms with E-state index in [1.165, 1.54) is 12.4 Å². The van der Waals surface area contributed by atoms with Crippen molar-refractivity contribution < 1.29 is 40.5 Å². The van der Waals surface area contributed by atoms with Gasteiger partial charge in [-0.05, 0) is 36.8 Å². The first-order valence-electron chi connectivity index (χ1n) is 9.55. The molecule has 1 fully saturated rings. The molecule has 1 aliphatic carbocycles. The molecule has 1 saturated carbocycles. The lowest BCUT2D eigenvalue weighted by Crippen LogP contribution is -2.53. The van der Waals surface area contributed by atoms with E-state index in [0.29, 0.717) is 23.8 Å². The number of aliphatic hydroxyl groups is 1. The third-order valence-corrected chi connectivity index (χ3v) is 7.00. The lowest BCUT2D eigenvalue weighted by atomic mass is 9.92. The Kier molecular flexibility index (Phi) is 6.50. The first-order chi connectivity index (χ1) is 15.1. The number of nitrogens with one attached hydrogen (secondary N) is 1. The Morgan fingerprint density at radius 2 is 1.64 bits per heavy atom. The van der Waals surface area contributed by atoms with E-state index in [0.717, 1.165) is 25.0 Å². The summed E-state index contributed by atoms with van der Waals surface area (Å²) < 4.78 is 90.2. The zero-order valence-electron chi connectivity index (χ0n) is 16.9. The normalized spacial score (nSPS) is 16.8. The second-order valence-corrected chi connectivity index (χ2v) is 10.2. The Morgan fingerprint density at radius 3 is 2.09 bits per heavy atom. The van der Waals surface area contributed by atoms with Crippen molar-refractivity contribution in [1.29, 1.82) is 0 Å². The lowest BCUT2D eigenvalue weighted by Gasteiger charge is -2.32. The summed E-state index contributed by atoms with van der Waals surface area (Å²) in [5.74, 6) is 3.81. The summed E-state index contributed by atoms with van der Waals surface area (Å²) in [7, 11) is -2.58. The molecule has 0 aliphatic heterocycles. The highest BCUT2D eigenvalue weighted by atomic mass is 32.2. The van der Waals surface area contributed by atoms with Gasteiger partial charge < -0.3 is 10.4 Å². The third kappa shape index (κ3) is 5.46. The fraction of sp³-hybridized carbons (Fsp3) is 0.400. The molecule has 1 heterocycles. The summed E-state index contributed by atoms with van der Waals surface area (Å²) >= 11 is 0. The van der Waals surface area contributed by atoms with Gasteiger partial charge in [-0.2, -0.15) is 26.3 Å². The molecule has 0 saturated heterocycles. The topological polar surface area (TPSA) is 92.2 Å². The molecule has 1 aromatic carbocycles. The number of hydrogen-bond donors (Lipinski definition) is 2. The van der Waals surface area contributed by atoms with E-state index in [4.69, 9.17) is 0 Å². The number of benzene rings is 1. The number of carbonyl (C=O) groups excluding carboxylic acids is 1. The molecule has 6 nitrogen and oxygen atoms in total. The van der Waals surface area contributed by atoms with Crippen molar-refractivity contribution in [2.45, 2.75) is 42.2 Å². The van der Waals surface area contributed by atoms with E-state index < -0.39 is 38.9 Å². The summed E-state index contributed by atoms with van der Waals surface area (Å²) in [6.07, 6.45) is -7.80. The largest absolute Gasteiger partial charge is 0.430 e. The second-order valence-electron chi connectivity index (χ2n) is 7.78. The van der Waals surface area contributed by atoms with Crippen LogP contribution >= 0.6 is 0 Å². The minimum Gasteiger partial charge on any atom is -0.369 e. The molecule has 3 rings (SSSR count). The van der Waals surface area contributed by atoms with Crippen molar-refractivity contribution in [3.8, 4) is 0 Å². The second kappa shape index (κ2) is 8.60. The highest BCUT2D eigenvalue weighted by Gasteiger charge is 2.71. The molecule has 0 bridgehead atoms. The average Bonchev–Trinajstić information content (AvgIpc) is 3.50. The van der Waals surface area contributed by atoms with Gasteiger partial charge in [-0.15, -0.1) is 0 Å². The maximum absolute atomic E-state index is 12.9. The number of halogens is 6. The van der Waals surface area contributed by atoms with Gasteiger partial charge >= 0.3 is 12.4 Å². The van der Waals surface area contributed by atoms with Crippen LogP contribution in [0.25, 0.3) is 0 Å². The molecule has 0 radical (unpaired) electrons. The molecule has 2 aromatic rings. The summed E-state index contributed by atoms with van der Waals surface area (Å²) in [5, 5.41) is 11.9. The molecule has 13 heteroatoms. The fourth-order valence-electron chi connectivity index (χ4n) is 3.03. The number of anilines is 1. The number of hydrogen-bond acceptors (Lipinski definition) is 5. The van der Waals surface area contributed by atoms with Crippen molar-refractivity contribution in [2.24, 2.45) is 5.92 Å². The maximum Gasteiger partial charge on any atom is 0.430 e. The van der Waals surface area contributed by atoms with Gasteiger partial charge in [0.1, 0.15) is 5.03 Å². The number of amides is 1. The van der Waals surface area contributed by atoms with E-state index in [1.807, 2.05) is 0 Å². The lowest BCUT2D eigenvalue weighted by molar-refractivity contribution is -0.376. The Morgan fingerprint density at radius 1 is 1.06 bits per heavy atom. The van der Waals surface area contributed by atoms with Crippen LogP contribution in [0.3, 0.4) is 0 Å². The van der Waals surface area contributed by atoms with E-state index in [1.54, 1.807) is 0 Å². The van der Waals surface area contributed by atoms with Gasteiger partial charge in [0, 0.05) is 26.5 Å². The van der Waals surface area contributed by atoms with Gasteiger partial charge in [-0.25, -0.2) is 4.98 Å². The standard InChI is InChI=1S/C20H19F6N3O3S/c1-33(32,11-12-2-3-12)17-10-27-15(9-28-17)8-16(30)29-14-6-4-13(5-7-14)18(31,19(21,22)23)20(24,25)26/h4-7,9-10,12,31H,1-3,8,11H2,(H,29,30). The molecule has 1 amide bonds. The Bertz CT molecular complexity index is 1100. The molecule has 180 valence electrons. The van der Waals surface area contributed by atoms with Gasteiger partial charge in [-0.1, -0.05) is 12.1 Å². The van der Waals surface area contributed by atoms with Crippen LogP contribution < -0.4 is 5.32 Å². The number of aromatic nitrogens is 2. The van der Waals surface area contributed by atoms with Crippen LogP contribution in [0.15, 0.2) is 41.7 Å². The number of carbonyl (C=O) groups is 1. The monoisotopic (exact) mass is 495 g/mol. The predicted octanol–water partition coefficient (Wildman–Crippen LogP) is 3.46. The Hall–Kier alpha value is -2.67. The van der Waals surface area contributed by atoms with Crippen molar-refractivity contribution in [1.82, 2.24) is 9.97 Å². The molecule has 1 unspecified atom stereocenters. The van der Waals surface area contributed by atoms with Crippen molar-refractivity contribution in [2.75, 3.05) is 11.1 Å². The fourth-order valence-corrected chi connectivity index (χ4v) is 4.78. The van der Waals surface area contributed by atoms with E-state index in [2.05, 4.69) is 21.2 Å². The molecule has 1 aliphatic rings. The summed E-state index contributed by atoms with van der Waals surface area (Å²) in [5.41, 5.74) is -6.38. The summed E-state index contributed by atoms with van der Waals surface area (Å²) in [4.78, 5) is 20.2. The van der Waals surface area contributed by atoms with E-state index in [9.17, 15) is 40.5 Å². The molecule has 1 atom stereocenters. The average molecular weight is 495 g/mol. The van der Waals surface area contributed by atoms with Crippen molar-refractivity contribution in [3.05, 3.63) is 47.9 Å². The van der Waals surface area contributed by atoms with Crippen LogP contribution in [-0.4, -0.2) is 49.2 Å². The molecular formula is C20H19F6N3O3S. The van der Waals surface area contributed by atoms with Crippen LogP contribution in [0.5, 0.6) is 0 Å². The van der Waals surface area contributed by atoms with Crippen LogP contribution in [0.2, 0.25) is 0 Å². The smallest absolute Gasteiger partial charge is 0.369 e. The SMILES string of the molecule is C=S(=O)(CC1CC1)c1cnc(CC(=O)Nc2ccc(C(O)(C(F)(F)F)C(F)(F)F)cc2)cn1. The summed E-state index contributed by atoms with van der Waals surface area (Å²) in [6, 6.07) is 2.46. The van der Waals surface area contributed by atoms with Gasteiger partial charge in [-0.3, -0.25) is 14.0 Å². The highest BCUT2D eigenvalue weighted by molar-refractivity contribution is 8.00. The van der Waals surface area contributed by atoms with E-state index in [-0.39, 0.29) is 22.8 Å². The van der Waals surface area contributed by atoms with Crippen LogP contribution in [0, 0.1) is 5.92 Å². The van der Waals surface area contributed by atoms with Crippen molar-refractivity contribution in [3.63, 3.8) is 0 Å². The zero-order chi connectivity index (χ0) is 24.7. The van der Waals surface area contributed by atoms with Gasteiger partial charge in [0.05, 0.1) is 24.5 Å². The van der Waals surface area contributed by atoms with Crippen LogP contribution in [-0.2, 0) is 26.3 Å². The number of rotatable bonds is 7. The first kappa shape index (κ1) is 25.0. The number of nitrogens with zero attached hydrogens (tertiary/aromatic N) is 2. The predicted molar refractivity (Wildman–Crippen MR) is 108 cm³/mol. The van der Waals surface area contributed by atoms with E-state index >= 15 is 0 Å². The highest BCUT2D eigenvalue weighted by Crippen LogP contribution is 2.50. The van der Waals surface area contributed by atoms with Crippen LogP contribution in [0.4, 0.5) is 32.0 Å². The molecule has 33 heavy (non-hydrogen) atoms. The van der Waals surface area contributed by atoms with Crippen LogP contribution in [0.1, 0.15) is 24.1 Å². The number of alkyl halides is 6. The third-order valence-electron chi connectivity index (χ3n) is 5.01. The van der Waals surface area contributed by atoms with Crippen molar-refractivity contribution >= 4 is 27.0 Å². The van der Waals surface area contributed by atoms with Gasteiger partial charge in [0.2, 0.25) is 5.91 Å². The van der Waals surface area contributed by atoms with Gasteiger partial charge in [0.15, 0.2) is 0 Å². The quantitative estimate of drug-likeness (QED) is 0.454. The molecule has 1 aromatic heterocycles. The Labute approximate surface area is 185 Å². The van der Waals surface area contributed by atoms with Gasteiger partial charge in [0.25, 0.3) is 5.60 Å². The molecule has 0 spiro atoms. The first-order valence-corrected chi connectivity index (χ1v) is 11.5. The molecular weight excluding hydrogens is 476 g/mol. The maximum atomic E-state index is 12.9. The summed E-state index contributed by atoms with van der Waals surface area (Å²) in [6.45, 7) is 0. The minimum atomic E-state index is -6.00. The minimum absolute atomic E-state index is 0.0924.